The van der Waals surface area contributed by atoms with Crippen molar-refractivity contribution in [2.75, 3.05) is 0 Å². The van der Waals surface area contributed by atoms with Crippen molar-refractivity contribution in [3.8, 4) is 0 Å². The average Bonchev–Trinajstić information content (AvgIpc) is 1.96. The van der Waals surface area contributed by atoms with E-state index >= 15 is 0 Å². The molecular weight excluding hydrogens is 179 g/mol. The molecule has 0 aliphatic heterocycles. The van der Waals surface area contributed by atoms with Gasteiger partial charge in [0, 0.05) is 5.71 Å². The minimum Gasteiger partial charge on any atom is -0.253 e. The molecule has 0 aromatic carbocycles. The van der Waals surface area contributed by atoms with Gasteiger partial charge in [0.25, 0.3) is 0 Å². The number of hydrogen-bond acceptors (Lipinski definition) is 1. The highest BCUT2D eigenvalue weighted by Gasteiger charge is 2.33. The smallest absolute Gasteiger partial charge is 0.253 e. The molecule has 0 fully saturated rings. The van der Waals surface area contributed by atoms with Gasteiger partial charge in [0.15, 0.2) is 0 Å². The summed E-state index contributed by atoms with van der Waals surface area (Å²) in [4.78, 5) is 3.52. The minimum atomic E-state index is -4.34. The summed E-state index contributed by atoms with van der Waals surface area (Å²) in [6.07, 6.45) is -3.36. The monoisotopic (exact) mass is 193 g/mol. The van der Waals surface area contributed by atoms with E-state index in [-0.39, 0.29) is 5.92 Å². The fourth-order valence-corrected chi connectivity index (χ4v) is 0.611. The molecule has 76 valence electrons. The summed E-state index contributed by atoms with van der Waals surface area (Å²) < 4.78 is 36.5. The maximum absolute atomic E-state index is 12.2. The molecule has 0 aliphatic rings. The van der Waals surface area contributed by atoms with Gasteiger partial charge >= 0.3 is 6.18 Å². The number of aliphatic imine (C=N–C) groups is 1. The molecule has 0 unspecified atom stereocenters. The molecule has 0 saturated heterocycles. The summed E-state index contributed by atoms with van der Waals surface area (Å²) in [5, 5.41) is 0. The molecule has 0 N–H and O–H groups in total. The van der Waals surface area contributed by atoms with Crippen molar-refractivity contribution in [2.24, 2.45) is 10.9 Å². The molecule has 0 spiro atoms. The van der Waals surface area contributed by atoms with Gasteiger partial charge in [-0.1, -0.05) is 19.9 Å². The van der Waals surface area contributed by atoms with Crippen molar-refractivity contribution in [3.63, 3.8) is 0 Å². The number of nitrogens with zero attached hydrogens (tertiary/aromatic N) is 1. The largest absolute Gasteiger partial charge is 0.432 e. The number of halogens is 3. The van der Waals surface area contributed by atoms with Crippen molar-refractivity contribution >= 4 is 5.71 Å². The van der Waals surface area contributed by atoms with E-state index in [1.165, 1.54) is 6.92 Å². The fourth-order valence-electron chi connectivity index (χ4n) is 0.611. The van der Waals surface area contributed by atoms with Crippen LogP contribution in [0.15, 0.2) is 16.8 Å². The molecule has 0 aromatic rings. The van der Waals surface area contributed by atoms with Crippen LogP contribution in [0.5, 0.6) is 0 Å². The van der Waals surface area contributed by atoms with Crippen LogP contribution in [-0.2, 0) is 0 Å². The Balaban J connectivity index is 4.77. The van der Waals surface area contributed by atoms with Crippen molar-refractivity contribution in [3.05, 3.63) is 11.8 Å². The Labute approximate surface area is 76.4 Å². The Bertz CT molecular complexity index is 224. The summed E-state index contributed by atoms with van der Waals surface area (Å²) >= 11 is 0. The molecule has 1 nitrogen and oxygen atoms in total. The molecule has 0 aliphatic carbocycles. The average molecular weight is 193 g/mol. The Kier molecular flexibility index (Phi) is 4.17. The van der Waals surface area contributed by atoms with Gasteiger partial charge in [0.2, 0.25) is 0 Å². The second-order valence-corrected chi connectivity index (χ2v) is 3.08. The molecule has 0 amide bonds. The number of rotatable bonds is 2. The van der Waals surface area contributed by atoms with Crippen LogP contribution in [0.3, 0.4) is 0 Å². The summed E-state index contributed by atoms with van der Waals surface area (Å²) in [5.41, 5.74) is -0.330. The maximum Gasteiger partial charge on any atom is 0.432 e. The van der Waals surface area contributed by atoms with Crippen molar-refractivity contribution < 1.29 is 13.2 Å². The van der Waals surface area contributed by atoms with Crippen LogP contribution in [-0.4, -0.2) is 11.9 Å². The summed E-state index contributed by atoms with van der Waals surface area (Å²) in [6.45, 7) is 6.55. The molecule has 0 heterocycles. The number of allylic oxidation sites excluding steroid dienone is 2. The molecule has 0 atom stereocenters. The zero-order chi connectivity index (χ0) is 10.6. The quantitative estimate of drug-likeness (QED) is 0.594. The predicted octanol–water partition coefficient (Wildman–Crippen LogP) is 3.57. The van der Waals surface area contributed by atoms with Gasteiger partial charge in [-0.2, -0.15) is 13.2 Å². The highest BCUT2D eigenvalue weighted by atomic mass is 19.4. The highest BCUT2D eigenvalue weighted by Crippen LogP contribution is 2.26. The van der Waals surface area contributed by atoms with Gasteiger partial charge in [-0.15, -0.1) is 0 Å². The zero-order valence-electron chi connectivity index (χ0n) is 8.24. The number of hydrogen-bond donors (Lipinski definition) is 0. The molecule has 0 aromatic heterocycles. The Morgan fingerprint density at radius 2 is 1.77 bits per heavy atom. The van der Waals surface area contributed by atoms with Gasteiger partial charge in [-0.3, -0.25) is 4.99 Å². The first kappa shape index (κ1) is 12.2. The third kappa shape index (κ3) is 4.10. The van der Waals surface area contributed by atoms with E-state index in [9.17, 15) is 13.2 Å². The first-order chi connectivity index (χ1) is 5.79. The molecule has 4 heteroatoms. The van der Waals surface area contributed by atoms with Crippen molar-refractivity contribution in [1.29, 1.82) is 0 Å². The Morgan fingerprint density at radius 3 is 2.00 bits per heavy atom. The van der Waals surface area contributed by atoms with Crippen LogP contribution in [0.25, 0.3) is 0 Å². The van der Waals surface area contributed by atoms with E-state index < -0.39 is 11.9 Å². The van der Waals surface area contributed by atoms with E-state index in [0.717, 1.165) is 6.08 Å². The van der Waals surface area contributed by atoms with Gasteiger partial charge in [-0.05, 0) is 19.8 Å². The lowest BCUT2D eigenvalue weighted by atomic mass is 10.1. The normalized spacial score (nSPS) is 15.4. The standard InChI is InChI=1S/C9H14F3N/c1-5-8(9(10,11)12)13-7(4)6(2)3/h5-6H,1-4H3/b8-5-,13-7?. The fraction of sp³-hybridized carbons (Fsp3) is 0.667. The molecule has 0 radical (unpaired) electrons. The molecule has 0 bridgehead atoms. The maximum atomic E-state index is 12.2. The lowest BCUT2D eigenvalue weighted by Crippen LogP contribution is -2.13. The van der Waals surface area contributed by atoms with Gasteiger partial charge in [0.1, 0.15) is 5.70 Å². The van der Waals surface area contributed by atoms with Crippen LogP contribution < -0.4 is 0 Å². The minimum absolute atomic E-state index is 0.0392. The SMILES string of the molecule is C/C=C(\N=C(C)C(C)C)C(F)(F)F. The first-order valence-corrected chi connectivity index (χ1v) is 4.07. The third-order valence-electron chi connectivity index (χ3n) is 1.70. The van der Waals surface area contributed by atoms with Gasteiger partial charge in [-0.25, -0.2) is 0 Å². The van der Waals surface area contributed by atoms with E-state index in [2.05, 4.69) is 4.99 Å². The van der Waals surface area contributed by atoms with Crippen LogP contribution in [0.2, 0.25) is 0 Å². The third-order valence-corrected chi connectivity index (χ3v) is 1.70. The second-order valence-electron chi connectivity index (χ2n) is 3.08. The second kappa shape index (κ2) is 4.44. The van der Waals surface area contributed by atoms with Crippen LogP contribution >= 0.6 is 0 Å². The van der Waals surface area contributed by atoms with Crippen LogP contribution in [0.1, 0.15) is 27.7 Å². The summed E-state index contributed by atoms with van der Waals surface area (Å²) in [6, 6.07) is 0. The van der Waals surface area contributed by atoms with Gasteiger partial charge < -0.3 is 0 Å². The molecule has 13 heavy (non-hydrogen) atoms. The van der Waals surface area contributed by atoms with E-state index in [1.54, 1.807) is 6.92 Å². The summed E-state index contributed by atoms with van der Waals surface area (Å²) in [7, 11) is 0. The lowest BCUT2D eigenvalue weighted by Gasteiger charge is -2.09. The Morgan fingerprint density at radius 1 is 1.31 bits per heavy atom. The predicted molar refractivity (Wildman–Crippen MR) is 47.8 cm³/mol. The van der Waals surface area contributed by atoms with Crippen LogP contribution in [0.4, 0.5) is 13.2 Å². The summed E-state index contributed by atoms with van der Waals surface area (Å²) in [5.74, 6) is 0.0392. The lowest BCUT2D eigenvalue weighted by molar-refractivity contribution is -0.0924. The first-order valence-electron chi connectivity index (χ1n) is 4.07. The van der Waals surface area contributed by atoms with Crippen molar-refractivity contribution in [2.45, 2.75) is 33.9 Å². The molecule has 0 saturated carbocycles. The molecular formula is C9H14F3N. The molecule has 0 rings (SSSR count). The highest BCUT2D eigenvalue weighted by molar-refractivity contribution is 5.84. The van der Waals surface area contributed by atoms with Gasteiger partial charge in [0.05, 0.1) is 0 Å². The van der Waals surface area contributed by atoms with Crippen LogP contribution in [0, 0.1) is 5.92 Å². The zero-order valence-corrected chi connectivity index (χ0v) is 8.24. The number of alkyl halides is 3. The Hall–Kier alpha value is -0.800. The topological polar surface area (TPSA) is 12.4 Å². The van der Waals surface area contributed by atoms with E-state index in [4.69, 9.17) is 0 Å². The van der Waals surface area contributed by atoms with Crippen molar-refractivity contribution in [1.82, 2.24) is 0 Å². The van der Waals surface area contributed by atoms with E-state index in [0.29, 0.717) is 5.71 Å². The van der Waals surface area contributed by atoms with E-state index in [1.807, 2.05) is 13.8 Å².